The van der Waals surface area contributed by atoms with E-state index in [2.05, 4.69) is 0 Å². The number of rotatable bonds is 5. The largest absolute Gasteiger partial charge is 0.456 e. The fraction of sp³-hybridized carbons (Fsp3) is 0.148. The molecule has 1 aromatic heterocycles. The van der Waals surface area contributed by atoms with Crippen molar-refractivity contribution in [1.29, 1.82) is 5.26 Å². The summed E-state index contributed by atoms with van der Waals surface area (Å²) in [4.78, 5) is 38.9. The number of nitriles is 1. The minimum atomic E-state index is -3.43. The van der Waals surface area contributed by atoms with E-state index >= 15 is 0 Å². The monoisotopic (exact) mass is 529 g/mol. The van der Waals surface area contributed by atoms with Gasteiger partial charge in [0.25, 0.3) is 17.5 Å². The Morgan fingerprint density at radius 3 is 2.39 bits per heavy atom. The molecule has 2 aromatic carbocycles. The van der Waals surface area contributed by atoms with Gasteiger partial charge in [0.1, 0.15) is 23.2 Å². The number of hydrogen-bond donors (Lipinski definition) is 0. The summed E-state index contributed by atoms with van der Waals surface area (Å²) in [5.74, 6) is -1.80. The first-order valence-electron chi connectivity index (χ1n) is 11.5. The molecule has 3 heterocycles. The summed E-state index contributed by atoms with van der Waals surface area (Å²) in [6.45, 7) is 0. The van der Waals surface area contributed by atoms with E-state index < -0.39 is 32.6 Å². The lowest BCUT2D eigenvalue weighted by Crippen LogP contribution is -2.49. The second-order valence-corrected chi connectivity index (χ2v) is 11.0. The van der Waals surface area contributed by atoms with Crippen molar-refractivity contribution in [2.45, 2.75) is 12.5 Å². The van der Waals surface area contributed by atoms with Crippen LogP contribution in [0.4, 0.5) is 5.69 Å². The molecular formula is C27H19N3O7S. The molecule has 0 radical (unpaired) electrons. The predicted octanol–water partition coefficient (Wildman–Crippen LogP) is 3.77. The summed E-state index contributed by atoms with van der Waals surface area (Å²) in [7, 11) is -3.43. The molecule has 0 aliphatic carbocycles. The Balaban J connectivity index is 1.66. The van der Waals surface area contributed by atoms with E-state index in [4.69, 9.17) is 4.42 Å². The molecule has 10 nitrogen and oxygen atoms in total. The maximum Gasteiger partial charge on any atom is 0.280 e. The molecule has 5 rings (SSSR count). The molecule has 2 aliphatic rings. The highest BCUT2D eigenvalue weighted by atomic mass is 32.2. The van der Waals surface area contributed by atoms with Crippen molar-refractivity contribution in [2.24, 2.45) is 0 Å². The van der Waals surface area contributed by atoms with Crippen LogP contribution >= 0.6 is 0 Å². The zero-order chi connectivity index (χ0) is 27.0. The lowest BCUT2D eigenvalue weighted by Gasteiger charge is -2.32. The van der Waals surface area contributed by atoms with Gasteiger partial charge in [0.2, 0.25) is 0 Å². The minimum Gasteiger partial charge on any atom is -0.456 e. The van der Waals surface area contributed by atoms with Gasteiger partial charge in [-0.1, -0.05) is 42.5 Å². The van der Waals surface area contributed by atoms with Gasteiger partial charge in [0, 0.05) is 11.6 Å². The zero-order valence-corrected chi connectivity index (χ0v) is 20.6. The summed E-state index contributed by atoms with van der Waals surface area (Å²) in [6.07, 6.45) is 1.44. The van der Waals surface area contributed by atoms with Crippen LogP contribution in [0.1, 0.15) is 17.7 Å². The van der Waals surface area contributed by atoms with Crippen molar-refractivity contribution in [3.05, 3.63) is 99.3 Å². The van der Waals surface area contributed by atoms with Crippen LogP contribution in [0.15, 0.2) is 82.3 Å². The van der Waals surface area contributed by atoms with E-state index in [-0.39, 0.29) is 57.4 Å². The number of furan rings is 1. The molecule has 190 valence electrons. The standard InChI is InChI=1S/C27H19N3O7S/c28-15-22-25(17-6-2-1-3-7-17)21(26(31)29(27(22)32)18-12-13-38(35,36)16-18)14-19-10-11-24(37-19)20-8-4-5-9-23(20)30(33)34/h1-11,14,18H,12-13,16H2/b21-14-. The number of imide groups is 1. The number of nitro benzene ring substituents is 1. The third-order valence-corrected chi connectivity index (χ3v) is 8.18. The van der Waals surface area contributed by atoms with Gasteiger partial charge in [0.15, 0.2) is 9.84 Å². The predicted molar refractivity (Wildman–Crippen MR) is 137 cm³/mol. The topological polar surface area (TPSA) is 152 Å². The molecular weight excluding hydrogens is 510 g/mol. The van der Waals surface area contributed by atoms with Gasteiger partial charge in [-0.15, -0.1) is 0 Å². The molecule has 0 bridgehead atoms. The smallest absolute Gasteiger partial charge is 0.280 e. The number of carbonyl (C=O) groups is 2. The van der Waals surface area contributed by atoms with Crippen molar-refractivity contribution in [3.8, 4) is 17.4 Å². The van der Waals surface area contributed by atoms with Crippen molar-refractivity contribution >= 4 is 39.0 Å². The lowest BCUT2D eigenvalue weighted by molar-refractivity contribution is -0.384. The third-order valence-electron chi connectivity index (χ3n) is 6.43. The maximum absolute atomic E-state index is 13.8. The highest BCUT2D eigenvalue weighted by Gasteiger charge is 2.45. The molecule has 0 saturated carbocycles. The van der Waals surface area contributed by atoms with Crippen LogP contribution in [0.25, 0.3) is 23.0 Å². The van der Waals surface area contributed by atoms with Crippen molar-refractivity contribution in [3.63, 3.8) is 0 Å². The average Bonchev–Trinajstić information content (AvgIpc) is 3.52. The van der Waals surface area contributed by atoms with Crippen LogP contribution < -0.4 is 0 Å². The number of sulfone groups is 1. The summed E-state index contributed by atoms with van der Waals surface area (Å²) in [5.41, 5.74) is 0.300. The van der Waals surface area contributed by atoms with Gasteiger partial charge in [-0.3, -0.25) is 24.6 Å². The highest BCUT2D eigenvalue weighted by molar-refractivity contribution is 7.91. The van der Waals surface area contributed by atoms with E-state index in [1.165, 1.54) is 36.4 Å². The van der Waals surface area contributed by atoms with Gasteiger partial charge < -0.3 is 4.42 Å². The van der Waals surface area contributed by atoms with E-state index in [0.717, 1.165) is 4.90 Å². The zero-order valence-electron chi connectivity index (χ0n) is 19.7. The van der Waals surface area contributed by atoms with E-state index in [1.54, 1.807) is 36.4 Å². The van der Waals surface area contributed by atoms with Crippen molar-refractivity contribution in [2.75, 3.05) is 11.5 Å². The van der Waals surface area contributed by atoms with Gasteiger partial charge in [-0.2, -0.15) is 5.26 Å². The van der Waals surface area contributed by atoms with Gasteiger partial charge in [-0.25, -0.2) is 8.42 Å². The quantitative estimate of drug-likeness (QED) is 0.210. The molecule has 1 saturated heterocycles. The average molecular weight is 530 g/mol. The normalized spacial score (nSPS) is 20.1. The van der Waals surface area contributed by atoms with Crippen LogP contribution in [0, 0.1) is 21.4 Å². The minimum absolute atomic E-state index is 0.0277. The van der Waals surface area contributed by atoms with Crippen LogP contribution in [0.3, 0.4) is 0 Å². The molecule has 2 amide bonds. The SMILES string of the molecule is N#CC1=C(c2ccccc2)/C(=C/c2ccc(-c3ccccc3[N+](=O)[O-])o2)C(=O)N(C2CCS(=O)(=O)C2)C1=O. The van der Waals surface area contributed by atoms with E-state index in [0.29, 0.717) is 5.56 Å². The Morgan fingerprint density at radius 2 is 1.74 bits per heavy atom. The highest BCUT2D eigenvalue weighted by Crippen LogP contribution is 2.38. The molecule has 1 atom stereocenters. The van der Waals surface area contributed by atoms with E-state index in [9.17, 15) is 33.4 Å². The second-order valence-electron chi connectivity index (χ2n) is 8.80. The number of carbonyl (C=O) groups excluding carboxylic acids is 2. The summed E-state index contributed by atoms with van der Waals surface area (Å²) in [6, 6.07) is 18.5. The third kappa shape index (κ3) is 4.42. The first-order chi connectivity index (χ1) is 18.2. The number of hydrogen-bond acceptors (Lipinski definition) is 8. The van der Waals surface area contributed by atoms with Crippen LogP contribution in [0.2, 0.25) is 0 Å². The Hall–Kier alpha value is -4.82. The van der Waals surface area contributed by atoms with Crippen LogP contribution in [-0.2, 0) is 19.4 Å². The van der Waals surface area contributed by atoms with Crippen LogP contribution in [-0.4, -0.2) is 47.6 Å². The first kappa shape index (κ1) is 24.9. The number of nitro groups is 1. The number of nitrogens with zero attached hydrogens (tertiary/aromatic N) is 3. The molecule has 11 heteroatoms. The second kappa shape index (κ2) is 9.57. The van der Waals surface area contributed by atoms with Crippen molar-refractivity contribution in [1.82, 2.24) is 4.90 Å². The lowest BCUT2D eigenvalue weighted by atomic mass is 9.87. The summed E-state index contributed by atoms with van der Waals surface area (Å²) in [5, 5.41) is 21.4. The van der Waals surface area contributed by atoms with Gasteiger partial charge in [-0.05, 0) is 36.3 Å². The Kier molecular flexibility index (Phi) is 6.26. The van der Waals surface area contributed by atoms with Crippen LogP contribution in [0.5, 0.6) is 0 Å². The van der Waals surface area contributed by atoms with Crippen molar-refractivity contribution < 1.29 is 27.3 Å². The Morgan fingerprint density at radius 1 is 1.03 bits per heavy atom. The fourth-order valence-corrected chi connectivity index (χ4v) is 6.40. The molecule has 1 fully saturated rings. The van der Waals surface area contributed by atoms with Gasteiger partial charge >= 0.3 is 0 Å². The molecule has 1 unspecified atom stereocenters. The Labute approximate surface area is 217 Å². The molecule has 0 N–H and O–H groups in total. The number of benzene rings is 2. The van der Waals surface area contributed by atoms with E-state index in [1.807, 2.05) is 6.07 Å². The molecule has 38 heavy (non-hydrogen) atoms. The molecule has 3 aromatic rings. The number of para-hydroxylation sites is 1. The number of amides is 2. The first-order valence-corrected chi connectivity index (χ1v) is 13.4. The van der Waals surface area contributed by atoms with Gasteiger partial charge in [0.05, 0.1) is 33.6 Å². The fourth-order valence-electron chi connectivity index (χ4n) is 4.70. The summed E-state index contributed by atoms with van der Waals surface area (Å²) >= 11 is 0. The molecule has 0 spiro atoms. The maximum atomic E-state index is 13.8. The molecule has 2 aliphatic heterocycles. The summed E-state index contributed by atoms with van der Waals surface area (Å²) < 4.78 is 30.1. The Bertz CT molecular complexity index is 1700.